The number of benzene rings is 1. The number of allylic oxidation sites excluding steroid dienone is 2. The maximum atomic E-state index is 13.4. The second-order valence-electron chi connectivity index (χ2n) is 9.37. The van der Waals surface area contributed by atoms with Crippen molar-refractivity contribution in [3.05, 3.63) is 68.9 Å². The first-order chi connectivity index (χ1) is 16.8. The summed E-state index contributed by atoms with van der Waals surface area (Å²) in [5, 5.41) is 0. The molecule has 0 radical (unpaired) electrons. The molecule has 0 unspecified atom stereocenters. The summed E-state index contributed by atoms with van der Waals surface area (Å²) in [5.41, 5.74) is 5.42. The molecule has 1 aromatic carbocycles. The van der Waals surface area contributed by atoms with E-state index in [-0.39, 0.29) is 48.2 Å². The summed E-state index contributed by atoms with van der Waals surface area (Å²) < 4.78 is 1.20. The van der Waals surface area contributed by atoms with Crippen LogP contribution in [0.1, 0.15) is 25.3 Å². The van der Waals surface area contributed by atoms with Crippen LogP contribution in [0.4, 0.5) is 11.5 Å². The highest BCUT2D eigenvalue weighted by Crippen LogP contribution is 2.52. The Balaban J connectivity index is 1.45. The van der Waals surface area contributed by atoms with Crippen LogP contribution < -0.4 is 21.9 Å². The first-order valence-corrected chi connectivity index (χ1v) is 11.8. The van der Waals surface area contributed by atoms with Crippen molar-refractivity contribution in [2.24, 2.45) is 23.7 Å². The molecule has 1 saturated heterocycles. The minimum absolute atomic E-state index is 0.0355. The molecule has 2 aromatic rings. The number of aromatic amines is 1. The van der Waals surface area contributed by atoms with Gasteiger partial charge in [0.2, 0.25) is 17.7 Å². The van der Waals surface area contributed by atoms with Gasteiger partial charge in [0.05, 0.1) is 18.4 Å². The Morgan fingerprint density at radius 2 is 1.69 bits per heavy atom. The number of nitrogens with zero attached hydrogens (tertiary/aromatic N) is 3. The number of nitrogens with one attached hydrogen (secondary N) is 1. The molecule has 1 aromatic heterocycles. The highest BCUT2D eigenvalue weighted by atomic mass is 16.2. The zero-order valence-electron chi connectivity index (χ0n) is 19.3. The van der Waals surface area contributed by atoms with Gasteiger partial charge >= 0.3 is 5.69 Å². The van der Waals surface area contributed by atoms with E-state index in [2.05, 4.69) is 4.98 Å². The largest absolute Gasteiger partial charge is 0.383 e. The first kappa shape index (κ1) is 22.8. The van der Waals surface area contributed by atoms with Gasteiger partial charge in [-0.25, -0.2) is 4.79 Å². The van der Waals surface area contributed by atoms with Gasteiger partial charge in [-0.05, 0) is 30.2 Å². The topological polar surface area (TPSA) is 139 Å². The van der Waals surface area contributed by atoms with Crippen LogP contribution in [0.15, 0.2) is 52.1 Å². The molecule has 1 saturated carbocycles. The van der Waals surface area contributed by atoms with Crippen LogP contribution in [0.3, 0.4) is 0 Å². The highest BCUT2D eigenvalue weighted by molar-refractivity contribution is 6.10. The number of aromatic nitrogens is 2. The number of anilines is 2. The van der Waals surface area contributed by atoms with Gasteiger partial charge in [0, 0.05) is 6.54 Å². The number of hydrogen-bond donors (Lipinski definition) is 2. The van der Waals surface area contributed by atoms with Crippen molar-refractivity contribution < 1.29 is 14.4 Å². The van der Waals surface area contributed by atoms with Gasteiger partial charge in [0.15, 0.2) is 5.69 Å². The van der Waals surface area contributed by atoms with Crippen LogP contribution in [0.2, 0.25) is 0 Å². The second kappa shape index (κ2) is 8.68. The average molecular weight is 478 g/mol. The van der Waals surface area contributed by atoms with E-state index in [0.29, 0.717) is 6.42 Å². The Hall–Kier alpha value is -3.95. The predicted octanol–water partition coefficient (Wildman–Crippen LogP) is 0.717. The highest BCUT2D eigenvalue weighted by Gasteiger charge is 2.59. The molecule has 1 aliphatic heterocycles. The van der Waals surface area contributed by atoms with E-state index < -0.39 is 35.5 Å². The van der Waals surface area contributed by atoms with Gasteiger partial charge in [-0.1, -0.05) is 49.4 Å². The van der Waals surface area contributed by atoms with E-state index in [1.807, 2.05) is 49.4 Å². The molecule has 10 heteroatoms. The molecule has 2 heterocycles. The van der Waals surface area contributed by atoms with Crippen molar-refractivity contribution in [2.75, 3.05) is 23.7 Å². The number of carbonyl (C=O) groups excluding carboxylic acids is 3. The van der Waals surface area contributed by atoms with Crippen LogP contribution in [0.5, 0.6) is 0 Å². The van der Waals surface area contributed by atoms with Gasteiger partial charge in [-0.15, -0.1) is 0 Å². The number of carbonyl (C=O) groups is 3. The molecule has 2 fully saturated rings. The van der Waals surface area contributed by atoms with Crippen LogP contribution in [0, 0.1) is 23.7 Å². The molecule has 3 amide bonds. The molecular formula is C25H27N5O5. The van der Waals surface area contributed by atoms with E-state index in [4.69, 9.17) is 5.73 Å². The molecule has 2 aliphatic carbocycles. The minimum Gasteiger partial charge on any atom is -0.383 e. The summed E-state index contributed by atoms with van der Waals surface area (Å²) in [7, 11) is 0. The van der Waals surface area contributed by atoms with E-state index >= 15 is 0 Å². The standard InChI is InChI=1S/C25H27N5O5/c1-2-10-28(17(31)13-30-23(33)18-15-8-9-16(11-15)19(18)24(30)34)20-21(26)29(25(35)27-22(20)32)12-14-6-4-3-5-7-14/h3-9,15-16,18-19H,2,10-13,26H2,1H3,(H,27,32,35)/t15-,16-,18-,19+/m0/s1. The predicted molar refractivity (Wildman–Crippen MR) is 128 cm³/mol. The summed E-state index contributed by atoms with van der Waals surface area (Å²) in [6, 6.07) is 9.10. The number of fused-ring (bicyclic) bond motifs is 5. The monoisotopic (exact) mass is 477 g/mol. The number of amides is 3. The minimum atomic E-state index is -0.795. The zero-order valence-corrected chi connectivity index (χ0v) is 19.3. The second-order valence-corrected chi connectivity index (χ2v) is 9.37. The van der Waals surface area contributed by atoms with Gasteiger partial charge in [0.25, 0.3) is 5.56 Å². The van der Waals surface area contributed by atoms with Crippen molar-refractivity contribution in [3.8, 4) is 0 Å². The SMILES string of the molecule is CCCN(C(=O)CN1C(=O)[C@@H]2[C@H](C1=O)[C@H]1C=C[C@H]2C1)c1c(N)n(Cc2ccccc2)c(=O)[nH]c1=O. The summed E-state index contributed by atoms with van der Waals surface area (Å²) >= 11 is 0. The van der Waals surface area contributed by atoms with Gasteiger partial charge < -0.3 is 10.6 Å². The normalized spacial score (nSPS) is 24.3. The van der Waals surface area contributed by atoms with Crippen molar-refractivity contribution >= 4 is 29.2 Å². The molecule has 3 N–H and O–H groups in total. The lowest BCUT2D eigenvalue weighted by Crippen LogP contribution is -2.47. The molecule has 3 aliphatic rings. The smallest absolute Gasteiger partial charge is 0.330 e. The fourth-order valence-corrected chi connectivity index (χ4v) is 5.69. The van der Waals surface area contributed by atoms with Crippen molar-refractivity contribution in [3.63, 3.8) is 0 Å². The Bertz CT molecular complexity index is 1310. The van der Waals surface area contributed by atoms with E-state index in [1.165, 1.54) is 9.47 Å². The fraction of sp³-hybridized carbons (Fsp3) is 0.400. The number of hydrogen-bond acceptors (Lipinski definition) is 6. The van der Waals surface area contributed by atoms with Crippen LogP contribution in [-0.4, -0.2) is 45.3 Å². The summed E-state index contributed by atoms with van der Waals surface area (Å²) in [5.74, 6) is -2.17. The lowest BCUT2D eigenvalue weighted by atomic mass is 9.85. The van der Waals surface area contributed by atoms with Crippen LogP contribution in [0.25, 0.3) is 0 Å². The molecule has 2 bridgehead atoms. The van der Waals surface area contributed by atoms with E-state index in [0.717, 1.165) is 16.9 Å². The molecule has 0 spiro atoms. The van der Waals surface area contributed by atoms with Crippen LogP contribution >= 0.6 is 0 Å². The molecule has 35 heavy (non-hydrogen) atoms. The number of likely N-dealkylation sites (tertiary alicyclic amines) is 1. The van der Waals surface area contributed by atoms with Crippen LogP contribution in [-0.2, 0) is 20.9 Å². The molecule has 4 atom stereocenters. The zero-order chi connectivity index (χ0) is 24.9. The number of H-pyrrole nitrogens is 1. The summed E-state index contributed by atoms with van der Waals surface area (Å²) in [6.45, 7) is 1.59. The summed E-state index contributed by atoms with van der Waals surface area (Å²) in [4.78, 5) is 69.3. The van der Waals surface area contributed by atoms with Crippen molar-refractivity contribution in [2.45, 2.75) is 26.3 Å². The Morgan fingerprint density at radius 1 is 1.06 bits per heavy atom. The van der Waals surface area contributed by atoms with Crippen molar-refractivity contribution in [1.29, 1.82) is 0 Å². The average Bonchev–Trinajstić information content (AvgIpc) is 3.52. The van der Waals surface area contributed by atoms with E-state index in [9.17, 15) is 24.0 Å². The molecule has 182 valence electrons. The maximum Gasteiger partial charge on any atom is 0.330 e. The van der Waals surface area contributed by atoms with E-state index in [1.54, 1.807) is 0 Å². The Morgan fingerprint density at radius 3 is 2.29 bits per heavy atom. The number of rotatable bonds is 7. The number of imide groups is 1. The van der Waals surface area contributed by atoms with Gasteiger partial charge in [0.1, 0.15) is 12.4 Å². The van der Waals surface area contributed by atoms with Crippen molar-refractivity contribution in [1.82, 2.24) is 14.5 Å². The number of nitrogen functional groups attached to an aromatic ring is 1. The Kier molecular flexibility index (Phi) is 5.66. The third-order valence-electron chi connectivity index (χ3n) is 7.27. The first-order valence-electron chi connectivity index (χ1n) is 11.8. The quantitative estimate of drug-likeness (QED) is 0.445. The maximum absolute atomic E-state index is 13.4. The molecule has 5 rings (SSSR count). The van der Waals surface area contributed by atoms with Gasteiger partial charge in [-0.2, -0.15) is 0 Å². The molecule has 10 nitrogen and oxygen atoms in total. The summed E-state index contributed by atoms with van der Waals surface area (Å²) in [6.07, 6.45) is 5.26. The van der Waals surface area contributed by atoms with Gasteiger partial charge in [-0.3, -0.25) is 33.6 Å². The Labute approximate surface area is 201 Å². The third-order valence-corrected chi connectivity index (χ3v) is 7.27. The lowest BCUT2D eigenvalue weighted by Gasteiger charge is -2.26. The lowest BCUT2D eigenvalue weighted by molar-refractivity contribution is -0.143. The third kappa shape index (κ3) is 3.69. The fourth-order valence-electron chi connectivity index (χ4n) is 5.69. The molecular weight excluding hydrogens is 450 g/mol. The number of nitrogens with two attached hydrogens (primary N) is 1.